The van der Waals surface area contributed by atoms with Crippen LogP contribution >= 0.6 is 0 Å². The van der Waals surface area contributed by atoms with Gasteiger partial charge in [0.1, 0.15) is 16.7 Å². The molecular weight excluding hydrogens is 344 g/mol. The lowest BCUT2D eigenvalue weighted by atomic mass is 10.2. The smallest absolute Gasteiger partial charge is 0.253 e. The first-order valence-electron chi connectivity index (χ1n) is 8.45. The van der Waals surface area contributed by atoms with Gasteiger partial charge in [-0.1, -0.05) is 13.3 Å². The number of carbonyl (C=O) groups excluding carboxylic acids is 1. The molecule has 8 heteroatoms. The molecule has 1 amide bonds. The first kappa shape index (κ1) is 19.7. The third kappa shape index (κ3) is 4.50. The van der Waals surface area contributed by atoms with Crippen molar-refractivity contribution in [3.63, 3.8) is 0 Å². The van der Waals surface area contributed by atoms with E-state index >= 15 is 0 Å². The molecule has 1 aromatic rings. The number of benzene rings is 1. The second-order valence-electron chi connectivity index (χ2n) is 5.95. The number of sulfonamides is 1. The second-order valence-corrected chi connectivity index (χ2v) is 7.86. The number of amides is 1. The Morgan fingerprint density at radius 3 is 2.48 bits per heavy atom. The molecule has 140 valence electrons. The van der Waals surface area contributed by atoms with E-state index in [2.05, 4.69) is 5.32 Å². The summed E-state index contributed by atoms with van der Waals surface area (Å²) >= 11 is 0. The first-order chi connectivity index (χ1) is 11.9. The number of piperidine rings is 1. The quantitative estimate of drug-likeness (QED) is 0.796. The van der Waals surface area contributed by atoms with Crippen LogP contribution in [0.1, 0.15) is 32.6 Å². The van der Waals surface area contributed by atoms with Crippen LogP contribution in [-0.2, 0) is 19.6 Å². The van der Waals surface area contributed by atoms with Crippen molar-refractivity contribution in [2.75, 3.05) is 32.6 Å². The van der Waals surface area contributed by atoms with Gasteiger partial charge in [0.25, 0.3) is 5.91 Å². The van der Waals surface area contributed by atoms with E-state index < -0.39 is 16.1 Å². The zero-order valence-corrected chi connectivity index (χ0v) is 15.8. The van der Waals surface area contributed by atoms with Crippen molar-refractivity contribution in [1.82, 2.24) is 4.31 Å². The lowest BCUT2D eigenvalue weighted by molar-refractivity contribution is -0.125. The Hall–Kier alpha value is -1.64. The number of ether oxygens (including phenoxy) is 2. The fraction of sp³-hybridized carbons (Fsp3) is 0.588. The predicted molar refractivity (Wildman–Crippen MR) is 95.3 cm³/mol. The number of carbonyl (C=O) groups is 1. The molecule has 1 N–H and O–H groups in total. The maximum atomic E-state index is 13.0. The molecule has 1 aliphatic rings. The molecular formula is C17H26N2O5S. The number of hydrogen-bond acceptors (Lipinski definition) is 5. The monoisotopic (exact) mass is 370 g/mol. The molecule has 1 fully saturated rings. The summed E-state index contributed by atoms with van der Waals surface area (Å²) in [6, 6.07) is 4.62. The largest absolute Gasteiger partial charge is 0.495 e. The molecule has 25 heavy (non-hydrogen) atoms. The number of anilines is 1. The minimum absolute atomic E-state index is 0.0696. The van der Waals surface area contributed by atoms with Crippen LogP contribution < -0.4 is 10.1 Å². The third-order valence-corrected chi connectivity index (χ3v) is 6.23. The molecule has 0 radical (unpaired) electrons. The van der Waals surface area contributed by atoms with Gasteiger partial charge in [-0.3, -0.25) is 4.79 Å². The van der Waals surface area contributed by atoms with E-state index in [1.807, 2.05) is 6.92 Å². The van der Waals surface area contributed by atoms with Crippen molar-refractivity contribution < 1.29 is 22.7 Å². The van der Waals surface area contributed by atoms with Gasteiger partial charge < -0.3 is 14.8 Å². The summed E-state index contributed by atoms with van der Waals surface area (Å²) < 4.78 is 37.7. The summed E-state index contributed by atoms with van der Waals surface area (Å²) in [5.74, 6) is -0.0427. The predicted octanol–water partition coefficient (Wildman–Crippen LogP) is 2.23. The Kier molecular flexibility index (Phi) is 6.80. The Morgan fingerprint density at radius 1 is 1.24 bits per heavy atom. The van der Waals surface area contributed by atoms with Crippen LogP contribution in [0, 0.1) is 0 Å². The van der Waals surface area contributed by atoms with Crippen molar-refractivity contribution in [2.45, 2.75) is 43.6 Å². The zero-order chi connectivity index (χ0) is 18.4. The summed E-state index contributed by atoms with van der Waals surface area (Å²) in [7, 11) is -0.771. The molecule has 0 bridgehead atoms. The van der Waals surface area contributed by atoms with E-state index in [1.54, 1.807) is 12.1 Å². The Bertz CT molecular complexity index is 695. The van der Waals surface area contributed by atoms with Crippen molar-refractivity contribution in [3.8, 4) is 5.75 Å². The van der Waals surface area contributed by atoms with Crippen LogP contribution in [0.2, 0.25) is 0 Å². The topological polar surface area (TPSA) is 84.9 Å². The maximum Gasteiger partial charge on any atom is 0.253 e. The zero-order valence-electron chi connectivity index (χ0n) is 14.9. The van der Waals surface area contributed by atoms with Gasteiger partial charge >= 0.3 is 0 Å². The molecule has 1 aliphatic heterocycles. The van der Waals surface area contributed by atoms with E-state index in [0.29, 0.717) is 25.2 Å². The van der Waals surface area contributed by atoms with Crippen molar-refractivity contribution >= 4 is 21.6 Å². The molecule has 1 aromatic carbocycles. The fourth-order valence-corrected chi connectivity index (χ4v) is 4.58. The Morgan fingerprint density at radius 2 is 1.92 bits per heavy atom. The summed E-state index contributed by atoms with van der Waals surface area (Å²) in [5.41, 5.74) is 0.400. The number of rotatable bonds is 7. The molecule has 1 atom stereocenters. The van der Waals surface area contributed by atoms with Gasteiger partial charge in [0.2, 0.25) is 10.0 Å². The van der Waals surface area contributed by atoms with Gasteiger partial charge in [-0.05, 0) is 37.5 Å². The Balaban J connectivity index is 2.32. The highest BCUT2D eigenvalue weighted by Gasteiger charge is 2.29. The van der Waals surface area contributed by atoms with E-state index in [4.69, 9.17) is 9.47 Å². The number of nitrogens with one attached hydrogen (secondary N) is 1. The molecule has 0 saturated carbocycles. The molecule has 1 saturated heterocycles. The highest BCUT2D eigenvalue weighted by Crippen LogP contribution is 2.31. The molecule has 0 spiro atoms. The van der Waals surface area contributed by atoms with Gasteiger partial charge in [0.05, 0.1) is 7.11 Å². The van der Waals surface area contributed by atoms with Crippen LogP contribution in [0.4, 0.5) is 5.69 Å². The average Bonchev–Trinajstić information content (AvgIpc) is 2.63. The standard InChI is InChI=1S/C17H26N2O5S/c1-4-14(23-2)17(20)18-13-8-9-15(24-3)16(12-13)25(21,22)19-10-6-5-7-11-19/h8-9,12,14H,4-7,10-11H2,1-3H3,(H,18,20). The minimum Gasteiger partial charge on any atom is -0.495 e. The van der Waals surface area contributed by atoms with E-state index in [-0.39, 0.29) is 16.6 Å². The van der Waals surface area contributed by atoms with Crippen molar-refractivity contribution in [3.05, 3.63) is 18.2 Å². The lowest BCUT2D eigenvalue weighted by Gasteiger charge is -2.26. The summed E-state index contributed by atoms with van der Waals surface area (Å²) in [6.45, 7) is 2.85. The van der Waals surface area contributed by atoms with Crippen molar-refractivity contribution in [2.24, 2.45) is 0 Å². The minimum atomic E-state index is -3.67. The molecule has 0 aromatic heterocycles. The van der Waals surface area contributed by atoms with E-state index in [1.165, 1.54) is 24.6 Å². The van der Waals surface area contributed by atoms with Crippen LogP contribution in [0.3, 0.4) is 0 Å². The molecule has 1 heterocycles. The van der Waals surface area contributed by atoms with Crippen molar-refractivity contribution in [1.29, 1.82) is 0 Å². The van der Waals surface area contributed by atoms with Crippen LogP contribution in [0.25, 0.3) is 0 Å². The van der Waals surface area contributed by atoms with E-state index in [0.717, 1.165) is 19.3 Å². The molecule has 2 rings (SSSR count). The second kappa shape index (κ2) is 8.64. The lowest BCUT2D eigenvalue weighted by Crippen LogP contribution is -2.36. The Labute approximate surface area is 149 Å². The van der Waals surface area contributed by atoms with Crippen LogP contribution in [0.15, 0.2) is 23.1 Å². The van der Waals surface area contributed by atoms with Gasteiger partial charge in [-0.15, -0.1) is 0 Å². The first-order valence-corrected chi connectivity index (χ1v) is 9.90. The van der Waals surface area contributed by atoms with Crippen LogP contribution in [0.5, 0.6) is 5.75 Å². The van der Waals surface area contributed by atoms with E-state index in [9.17, 15) is 13.2 Å². The number of nitrogens with zero attached hydrogens (tertiary/aromatic N) is 1. The average molecular weight is 370 g/mol. The summed E-state index contributed by atoms with van der Waals surface area (Å²) in [5, 5.41) is 2.71. The summed E-state index contributed by atoms with van der Waals surface area (Å²) in [4.78, 5) is 12.2. The third-order valence-electron chi connectivity index (χ3n) is 4.31. The SMILES string of the molecule is CCC(OC)C(=O)Nc1ccc(OC)c(S(=O)(=O)N2CCCCC2)c1. The molecule has 7 nitrogen and oxygen atoms in total. The molecule has 0 aliphatic carbocycles. The maximum absolute atomic E-state index is 13.0. The normalized spacial score (nSPS) is 17.1. The fourth-order valence-electron chi connectivity index (χ4n) is 2.88. The van der Waals surface area contributed by atoms with Gasteiger partial charge in [-0.25, -0.2) is 8.42 Å². The number of methoxy groups -OCH3 is 2. The number of hydrogen-bond donors (Lipinski definition) is 1. The van der Waals surface area contributed by atoms with Gasteiger partial charge in [0.15, 0.2) is 0 Å². The summed E-state index contributed by atoms with van der Waals surface area (Å²) in [6.07, 6.45) is 2.68. The van der Waals surface area contributed by atoms with Crippen LogP contribution in [-0.4, -0.2) is 52.0 Å². The highest BCUT2D eigenvalue weighted by molar-refractivity contribution is 7.89. The van der Waals surface area contributed by atoms with Gasteiger partial charge in [-0.2, -0.15) is 4.31 Å². The molecule has 1 unspecified atom stereocenters. The highest BCUT2D eigenvalue weighted by atomic mass is 32.2. The van der Waals surface area contributed by atoms with Gasteiger partial charge in [0, 0.05) is 25.9 Å².